The summed E-state index contributed by atoms with van der Waals surface area (Å²) in [6, 6.07) is 4.92. The summed E-state index contributed by atoms with van der Waals surface area (Å²) in [5, 5.41) is 2.78. The van der Waals surface area contributed by atoms with Gasteiger partial charge in [-0.25, -0.2) is 9.78 Å². The van der Waals surface area contributed by atoms with E-state index in [2.05, 4.69) is 10.3 Å². The van der Waals surface area contributed by atoms with Crippen molar-refractivity contribution in [3.63, 3.8) is 0 Å². The molecule has 1 rings (SSSR count). The molecule has 0 aromatic carbocycles. The molecular formula is C13H18N2O3. The van der Waals surface area contributed by atoms with E-state index in [1.807, 2.05) is 20.8 Å². The third-order valence-electron chi connectivity index (χ3n) is 2.57. The first-order chi connectivity index (χ1) is 8.44. The molecule has 1 aromatic heterocycles. The lowest BCUT2D eigenvalue weighted by Gasteiger charge is -2.24. The van der Waals surface area contributed by atoms with Crippen LogP contribution in [-0.4, -0.2) is 29.0 Å². The molecule has 5 nitrogen and oxygen atoms in total. The molecule has 1 N–H and O–H groups in total. The van der Waals surface area contributed by atoms with Crippen LogP contribution in [0, 0.1) is 0 Å². The Hall–Kier alpha value is -1.91. The Kier molecular flexibility index (Phi) is 4.83. The van der Waals surface area contributed by atoms with Crippen molar-refractivity contribution in [3.8, 4) is 0 Å². The van der Waals surface area contributed by atoms with Gasteiger partial charge in [0.15, 0.2) is 6.61 Å². The summed E-state index contributed by atoms with van der Waals surface area (Å²) in [6.07, 6.45) is 2.30. The number of carbonyl (C=O) groups is 2. The third kappa shape index (κ3) is 4.53. The molecule has 0 unspecified atom stereocenters. The van der Waals surface area contributed by atoms with Crippen LogP contribution in [0.3, 0.4) is 0 Å². The van der Waals surface area contributed by atoms with Crippen molar-refractivity contribution in [2.75, 3.05) is 6.61 Å². The van der Waals surface area contributed by atoms with Crippen LogP contribution in [0.15, 0.2) is 24.4 Å². The van der Waals surface area contributed by atoms with Crippen LogP contribution in [0.1, 0.15) is 37.7 Å². The van der Waals surface area contributed by atoms with Gasteiger partial charge in [-0.05, 0) is 32.4 Å². The average Bonchev–Trinajstić information content (AvgIpc) is 2.36. The first-order valence-electron chi connectivity index (χ1n) is 5.84. The minimum Gasteiger partial charge on any atom is -0.451 e. The van der Waals surface area contributed by atoms with Crippen molar-refractivity contribution in [1.29, 1.82) is 0 Å². The largest absolute Gasteiger partial charge is 0.451 e. The Morgan fingerprint density at radius 3 is 2.67 bits per heavy atom. The van der Waals surface area contributed by atoms with E-state index < -0.39 is 5.97 Å². The van der Waals surface area contributed by atoms with E-state index in [-0.39, 0.29) is 23.7 Å². The quantitative estimate of drug-likeness (QED) is 0.805. The second-order valence-electron chi connectivity index (χ2n) is 4.58. The molecule has 1 heterocycles. The van der Waals surface area contributed by atoms with Crippen molar-refractivity contribution in [1.82, 2.24) is 10.3 Å². The molecule has 1 amide bonds. The molecule has 0 saturated heterocycles. The Morgan fingerprint density at radius 1 is 1.39 bits per heavy atom. The van der Waals surface area contributed by atoms with Crippen molar-refractivity contribution in [2.45, 2.75) is 32.7 Å². The second kappa shape index (κ2) is 6.14. The molecule has 0 aliphatic heterocycles. The summed E-state index contributed by atoms with van der Waals surface area (Å²) in [7, 11) is 0. The van der Waals surface area contributed by atoms with Gasteiger partial charge in [0, 0.05) is 11.7 Å². The summed E-state index contributed by atoms with van der Waals surface area (Å²) in [5.41, 5.74) is -0.103. The summed E-state index contributed by atoms with van der Waals surface area (Å²) >= 11 is 0. The number of pyridine rings is 1. The zero-order valence-corrected chi connectivity index (χ0v) is 10.9. The van der Waals surface area contributed by atoms with Gasteiger partial charge in [-0.15, -0.1) is 0 Å². The van der Waals surface area contributed by atoms with Gasteiger partial charge in [0.1, 0.15) is 5.69 Å². The fraction of sp³-hybridized carbons (Fsp3) is 0.462. The zero-order valence-electron chi connectivity index (χ0n) is 10.9. The molecule has 0 aliphatic rings. The first-order valence-corrected chi connectivity index (χ1v) is 5.84. The van der Waals surface area contributed by atoms with Gasteiger partial charge in [-0.3, -0.25) is 4.79 Å². The maximum atomic E-state index is 11.5. The van der Waals surface area contributed by atoms with Crippen LogP contribution in [0.4, 0.5) is 0 Å². The molecule has 0 bridgehead atoms. The van der Waals surface area contributed by atoms with Gasteiger partial charge >= 0.3 is 5.97 Å². The van der Waals surface area contributed by atoms with E-state index in [4.69, 9.17) is 4.74 Å². The molecule has 18 heavy (non-hydrogen) atoms. The smallest absolute Gasteiger partial charge is 0.357 e. The van der Waals surface area contributed by atoms with Crippen LogP contribution in [-0.2, 0) is 9.53 Å². The van der Waals surface area contributed by atoms with Crippen LogP contribution in [0.2, 0.25) is 0 Å². The number of ether oxygens (including phenoxy) is 1. The standard InChI is InChI=1S/C13H18N2O3/c1-4-13(2,3)15-11(16)9-18-12(17)10-7-5-6-8-14-10/h5-8H,4,9H2,1-3H3,(H,15,16). The number of carbonyl (C=O) groups excluding carboxylic acids is 2. The molecule has 98 valence electrons. The highest BCUT2D eigenvalue weighted by Gasteiger charge is 2.19. The van der Waals surface area contributed by atoms with Gasteiger partial charge in [0.2, 0.25) is 0 Å². The van der Waals surface area contributed by atoms with Gasteiger partial charge in [-0.1, -0.05) is 13.0 Å². The number of nitrogens with zero attached hydrogens (tertiary/aromatic N) is 1. The molecule has 0 aliphatic carbocycles. The van der Waals surface area contributed by atoms with Crippen LogP contribution < -0.4 is 5.32 Å². The number of hydrogen-bond donors (Lipinski definition) is 1. The predicted molar refractivity (Wildman–Crippen MR) is 67.0 cm³/mol. The van der Waals surface area contributed by atoms with Crippen molar-refractivity contribution in [2.24, 2.45) is 0 Å². The zero-order chi connectivity index (χ0) is 13.6. The Bertz CT molecular complexity index is 416. The van der Waals surface area contributed by atoms with E-state index in [0.29, 0.717) is 0 Å². The molecule has 0 radical (unpaired) electrons. The van der Waals surface area contributed by atoms with Crippen LogP contribution in [0.5, 0.6) is 0 Å². The molecule has 5 heteroatoms. The third-order valence-corrected chi connectivity index (χ3v) is 2.57. The summed E-state index contributed by atoms with van der Waals surface area (Å²) < 4.78 is 4.87. The lowest BCUT2D eigenvalue weighted by atomic mass is 10.0. The fourth-order valence-corrected chi connectivity index (χ4v) is 1.19. The second-order valence-corrected chi connectivity index (χ2v) is 4.58. The molecule has 1 aromatic rings. The monoisotopic (exact) mass is 250 g/mol. The predicted octanol–water partition coefficient (Wildman–Crippen LogP) is 1.54. The van der Waals surface area contributed by atoms with Crippen LogP contribution in [0.25, 0.3) is 0 Å². The minimum absolute atomic E-state index is 0.194. The normalized spacial score (nSPS) is 10.8. The van der Waals surface area contributed by atoms with E-state index in [0.717, 1.165) is 6.42 Å². The minimum atomic E-state index is -0.597. The number of aromatic nitrogens is 1. The SMILES string of the molecule is CCC(C)(C)NC(=O)COC(=O)c1ccccn1. The molecule has 0 spiro atoms. The van der Waals surface area contributed by atoms with Gasteiger partial charge in [-0.2, -0.15) is 0 Å². The lowest BCUT2D eigenvalue weighted by Crippen LogP contribution is -2.44. The summed E-state index contributed by atoms with van der Waals surface area (Å²) in [6.45, 7) is 5.50. The highest BCUT2D eigenvalue weighted by atomic mass is 16.5. The number of hydrogen-bond acceptors (Lipinski definition) is 4. The number of amides is 1. The maximum Gasteiger partial charge on any atom is 0.357 e. The Morgan fingerprint density at radius 2 is 2.11 bits per heavy atom. The van der Waals surface area contributed by atoms with E-state index in [9.17, 15) is 9.59 Å². The Balaban J connectivity index is 2.42. The van der Waals surface area contributed by atoms with Crippen molar-refractivity contribution < 1.29 is 14.3 Å². The Labute approximate surface area is 107 Å². The number of nitrogens with one attached hydrogen (secondary N) is 1. The summed E-state index contributed by atoms with van der Waals surface area (Å²) in [5.74, 6) is -0.911. The van der Waals surface area contributed by atoms with Gasteiger partial charge in [0.25, 0.3) is 5.91 Å². The van der Waals surface area contributed by atoms with Crippen molar-refractivity contribution >= 4 is 11.9 Å². The number of esters is 1. The highest BCUT2D eigenvalue weighted by Crippen LogP contribution is 2.06. The summed E-state index contributed by atoms with van der Waals surface area (Å²) in [4.78, 5) is 26.9. The van der Waals surface area contributed by atoms with Gasteiger partial charge in [0.05, 0.1) is 0 Å². The van der Waals surface area contributed by atoms with Gasteiger partial charge < -0.3 is 10.1 Å². The molecule has 0 atom stereocenters. The maximum absolute atomic E-state index is 11.5. The van der Waals surface area contributed by atoms with E-state index in [1.165, 1.54) is 12.3 Å². The lowest BCUT2D eigenvalue weighted by molar-refractivity contribution is -0.125. The van der Waals surface area contributed by atoms with E-state index >= 15 is 0 Å². The fourth-order valence-electron chi connectivity index (χ4n) is 1.19. The topological polar surface area (TPSA) is 68.3 Å². The molecular weight excluding hydrogens is 232 g/mol. The van der Waals surface area contributed by atoms with Crippen molar-refractivity contribution in [3.05, 3.63) is 30.1 Å². The number of rotatable bonds is 5. The van der Waals surface area contributed by atoms with Crippen LogP contribution >= 0.6 is 0 Å². The first kappa shape index (κ1) is 14.2. The molecule has 0 fully saturated rings. The van der Waals surface area contributed by atoms with E-state index in [1.54, 1.807) is 12.1 Å². The molecule has 0 saturated carbocycles. The highest BCUT2D eigenvalue weighted by molar-refractivity contribution is 5.89. The average molecular weight is 250 g/mol.